The number of unbranched alkanes of at least 4 members (excludes halogenated alkanes) is 3. The van der Waals surface area contributed by atoms with Gasteiger partial charge in [-0.05, 0) is 38.4 Å². The zero-order valence-corrected chi connectivity index (χ0v) is 11.3. The molecular formula is C15H21FN2O. The zero-order valence-electron chi connectivity index (χ0n) is 11.3. The van der Waals surface area contributed by atoms with Crippen LogP contribution < -0.4 is 5.32 Å². The minimum Gasteiger partial charge on any atom is -0.396 e. The van der Waals surface area contributed by atoms with Gasteiger partial charge in [-0.3, -0.25) is 0 Å². The van der Waals surface area contributed by atoms with Crippen LogP contribution in [0.25, 0.3) is 0 Å². The van der Waals surface area contributed by atoms with E-state index in [0.717, 1.165) is 32.2 Å². The van der Waals surface area contributed by atoms with Crippen LogP contribution in [0.5, 0.6) is 0 Å². The molecule has 0 amide bonds. The molecule has 1 unspecified atom stereocenters. The molecule has 1 rings (SSSR count). The van der Waals surface area contributed by atoms with Gasteiger partial charge in [0, 0.05) is 18.2 Å². The Hall–Kier alpha value is -1.44. The van der Waals surface area contributed by atoms with Gasteiger partial charge >= 0.3 is 0 Å². The molecule has 0 radical (unpaired) electrons. The van der Waals surface area contributed by atoms with Crippen LogP contribution in [-0.2, 0) is 0 Å². The van der Waals surface area contributed by atoms with Gasteiger partial charge < -0.3 is 10.4 Å². The van der Waals surface area contributed by atoms with Crippen molar-refractivity contribution in [1.82, 2.24) is 5.32 Å². The molecule has 1 atom stereocenters. The van der Waals surface area contributed by atoms with E-state index < -0.39 is 0 Å². The lowest BCUT2D eigenvalue weighted by Crippen LogP contribution is -2.20. The van der Waals surface area contributed by atoms with Crippen molar-refractivity contribution in [2.45, 2.75) is 38.6 Å². The summed E-state index contributed by atoms with van der Waals surface area (Å²) in [5, 5.41) is 20.6. The minimum absolute atomic E-state index is 0.0643. The topological polar surface area (TPSA) is 56.0 Å². The maximum Gasteiger partial charge on any atom is 0.129 e. The summed E-state index contributed by atoms with van der Waals surface area (Å²) < 4.78 is 13.7. The smallest absolute Gasteiger partial charge is 0.129 e. The summed E-state index contributed by atoms with van der Waals surface area (Å²) in [6.45, 7) is 2.99. The Balaban J connectivity index is 2.37. The van der Waals surface area contributed by atoms with Crippen molar-refractivity contribution < 1.29 is 9.50 Å². The molecule has 0 heterocycles. The van der Waals surface area contributed by atoms with E-state index in [9.17, 15) is 4.39 Å². The van der Waals surface area contributed by atoms with E-state index in [-0.39, 0.29) is 18.5 Å². The number of halogens is 1. The summed E-state index contributed by atoms with van der Waals surface area (Å²) in [6, 6.07) is 6.43. The van der Waals surface area contributed by atoms with Gasteiger partial charge in [0.05, 0.1) is 11.6 Å². The molecule has 0 aliphatic carbocycles. The summed E-state index contributed by atoms with van der Waals surface area (Å²) in [6.07, 6.45) is 3.95. The molecule has 0 fully saturated rings. The van der Waals surface area contributed by atoms with Crippen molar-refractivity contribution in [3.8, 4) is 6.07 Å². The number of nitrogens with zero attached hydrogens (tertiary/aromatic N) is 1. The fourth-order valence-corrected chi connectivity index (χ4v) is 1.97. The first-order chi connectivity index (χ1) is 9.19. The molecule has 0 saturated carbocycles. The van der Waals surface area contributed by atoms with Gasteiger partial charge in [0.1, 0.15) is 5.82 Å². The second kappa shape index (κ2) is 8.63. The zero-order chi connectivity index (χ0) is 14.1. The van der Waals surface area contributed by atoms with Crippen LogP contribution in [0.15, 0.2) is 18.2 Å². The fourth-order valence-electron chi connectivity index (χ4n) is 1.97. The minimum atomic E-state index is -0.334. The lowest BCUT2D eigenvalue weighted by molar-refractivity contribution is 0.282. The van der Waals surface area contributed by atoms with Gasteiger partial charge in [0.25, 0.3) is 0 Å². The van der Waals surface area contributed by atoms with Crippen LogP contribution in [0, 0.1) is 17.1 Å². The van der Waals surface area contributed by atoms with Crippen LogP contribution in [0.2, 0.25) is 0 Å². The van der Waals surface area contributed by atoms with Crippen LogP contribution in [0.1, 0.15) is 49.8 Å². The molecule has 104 valence electrons. The van der Waals surface area contributed by atoms with E-state index in [2.05, 4.69) is 5.32 Å². The van der Waals surface area contributed by atoms with Gasteiger partial charge in [0.2, 0.25) is 0 Å². The quantitative estimate of drug-likeness (QED) is 0.710. The van der Waals surface area contributed by atoms with E-state index in [1.807, 2.05) is 13.0 Å². The lowest BCUT2D eigenvalue weighted by atomic mass is 10.1. The number of hydrogen-bond donors (Lipinski definition) is 2. The van der Waals surface area contributed by atoms with Crippen molar-refractivity contribution in [1.29, 1.82) is 5.26 Å². The Bertz CT molecular complexity index is 429. The number of hydrogen-bond acceptors (Lipinski definition) is 3. The Kier molecular flexibility index (Phi) is 7.09. The molecule has 19 heavy (non-hydrogen) atoms. The van der Waals surface area contributed by atoms with Crippen molar-refractivity contribution in [2.75, 3.05) is 13.2 Å². The molecule has 1 aromatic rings. The molecule has 0 saturated heterocycles. The maximum atomic E-state index is 13.7. The number of rotatable bonds is 8. The molecule has 0 aromatic heterocycles. The van der Waals surface area contributed by atoms with Gasteiger partial charge in [-0.25, -0.2) is 4.39 Å². The molecule has 0 aliphatic heterocycles. The largest absolute Gasteiger partial charge is 0.396 e. The molecule has 0 aliphatic rings. The highest BCUT2D eigenvalue weighted by Gasteiger charge is 2.10. The second-order valence-corrected chi connectivity index (χ2v) is 4.66. The van der Waals surface area contributed by atoms with Crippen LogP contribution >= 0.6 is 0 Å². The number of aliphatic hydroxyl groups excluding tert-OH is 1. The van der Waals surface area contributed by atoms with E-state index in [0.29, 0.717) is 11.1 Å². The third kappa shape index (κ3) is 5.37. The fraction of sp³-hybridized carbons (Fsp3) is 0.533. The van der Waals surface area contributed by atoms with Crippen molar-refractivity contribution in [2.24, 2.45) is 0 Å². The molecule has 1 aromatic carbocycles. The van der Waals surface area contributed by atoms with Gasteiger partial charge in [0.15, 0.2) is 0 Å². The summed E-state index contributed by atoms with van der Waals surface area (Å²) >= 11 is 0. The van der Waals surface area contributed by atoms with E-state index in [4.69, 9.17) is 10.4 Å². The first-order valence-corrected chi connectivity index (χ1v) is 6.73. The van der Waals surface area contributed by atoms with Gasteiger partial charge in [-0.1, -0.05) is 18.9 Å². The average molecular weight is 264 g/mol. The monoisotopic (exact) mass is 264 g/mol. The number of benzene rings is 1. The van der Waals surface area contributed by atoms with E-state index in [1.54, 1.807) is 12.1 Å². The predicted octanol–water partition coefficient (Wildman–Crippen LogP) is 2.90. The summed E-state index contributed by atoms with van der Waals surface area (Å²) in [5.41, 5.74) is 0.937. The summed E-state index contributed by atoms with van der Waals surface area (Å²) in [4.78, 5) is 0. The molecule has 0 spiro atoms. The average Bonchev–Trinajstić information content (AvgIpc) is 2.42. The maximum absolute atomic E-state index is 13.7. The Morgan fingerprint density at radius 2 is 2.05 bits per heavy atom. The highest BCUT2D eigenvalue weighted by molar-refractivity contribution is 5.34. The van der Waals surface area contributed by atoms with Crippen LogP contribution in [-0.4, -0.2) is 18.3 Å². The standard InChI is InChI=1S/C15H21FN2O/c1-12(18-8-4-2-3-5-9-19)14-7-6-13(11-17)10-15(14)16/h6-7,10,12,18-19H,2-5,8-9H2,1H3. The molecule has 4 heteroatoms. The Morgan fingerprint density at radius 3 is 2.68 bits per heavy atom. The van der Waals surface area contributed by atoms with Crippen LogP contribution in [0.4, 0.5) is 4.39 Å². The molecule has 0 bridgehead atoms. The van der Waals surface area contributed by atoms with Gasteiger partial charge in [-0.15, -0.1) is 0 Å². The highest BCUT2D eigenvalue weighted by atomic mass is 19.1. The van der Waals surface area contributed by atoms with E-state index >= 15 is 0 Å². The predicted molar refractivity (Wildman–Crippen MR) is 73.1 cm³/mol. The first-order valence-electron chi connectivity index (χ1n) is 6.73. The van der Waals surface area contributed by atoms with Crippen LogP contribution in [0.3, 0.4) is 0 Å². The Morgan fingerprint density at radius 1 is 1.32 bits per heavy atom. The second-order valence-electron chi connectivity index (χ2n) is 4.66. The van der Waals surface area contributed by atoms with Crippen molar-refractivity contribution in [3.63, 3.8) is 0 Å². The number of nitrogens with one attached hydrogen (secondary N) is 1. The first kappa shape index (κ1) is 15.6. The highest BCUT2D eigenvalue weighted by Crippen LogP contribution is 2.18. The summed E-state index contributed by atoms with van der Waals surface area (Å²) in [7, 11) is 0. The SMILES string of the molecule is CC(NCCCCCCO)c1ccc(C#N)cc1F. The lowest BCUT2D eigenvalue weighted by Gasteiger charge is -2.15. The third-order valence-electron chi connectivity index (χ3n) is 3.13. The Labute approximate surface area is 114 Å². The number of aliphatic hydroxyl groups is 1. The van der Waals surface area contributed by atoms with Crippen molar-refractivity contribution in [3.05, 3.63) is 35.1 Å². The summed E-state index contributed by atoms with van der Waals surface area (Å²) in [5.74, 6) is -0.334. The van der Waals surface area contributed by atoms with Gasteiger partial charge in [-0.2, -0.15) is 5.26 Å². The molecular weight excluding hydrogens is 243 g/mol. The number of nitriles is 1. The van der Waals surface area contributed by atoms with Crippen molar-refractivity contribution >= 4 is 0 Å². The third-order valence-corrected chi connectivity index (χ3v) is 3.13. The molecule has 3 nitrogen and oxygen atoms in total. The normalized spacial score (nSPS) is 12.1. The molecule has 2 N–H and O–H groups in total. The van der Waals surface area contributed by atoms with E-state index in [1.165, 1.54) is 6.07 Å².